The maximum Gasteiger partial charge on any atom is 0.335 e. The number of nitrogens with two attached hydrogens (primary N) is 2. The monoisotopic (exact) mass is 610 g/mol. The Balaban J connectivity index is 1.38. The van der Waals surface area contributed by atoms with E-state index in [0.29, 0.717) is 16.9 Å². The van der Waals surface area contributed by atoms with Crippen LogP contribution in [0.25, 0.3) is 0 Å². The van der Waals surface area contributed by atoms with Gasteiger partial charge >= 0.3 is 6.03 Å². The molecule has 0 aliphatic heterocycles. The van der Waals surface area contributed by atoms with Gasteiger partial charge in [0, 0.05) is 17.8 Å². The van der Waals surface area contributed by atoms with Crippen LogP contribution in [0.5, 0.6) is 5.75 Å². The number of hydrazone groups is 1. The van der Waals surface area contributed by atoms with Crippen molar-refractivity contribution in [3.63, 3.8) is 0 Å². The standard InChI is InChI=1S/C34H38N6O3S/c1-22-18-30(43-4)23(2)24(3)32(22)44(42)40-33(36)28-17-11-12-25(19-28)20-29(35)21-37-39-34(41)38-31(26-13-7-5-8-14-26)27-15-9-6-10-16-27/h5-19,21,29,31H,20,35H2,1-4H3,(H2,36,40)(H2,38,39,41)/b37-21-. The smallest absolute Gasteiger partial charge is 0.335 e. The second-order valence-electron chi connectivity index (χ2n) is 10.4. The van der Waals surface area contributed by atoms with E-state index in [4.69, 9.17) is 16.2 Å². The Labute approximate surface area is 261 Å². The van der Waals surface area contributed by atoms with Crippen molar-refractivity contribution in [3.05, 3.63) is 130 Å². The van der Waals surface area contributed by atoms with E-state index < -0.39 is 23.1 Å². The van der Waals surface area contributed by atoms with E-state index in [0.717, 1.165) is 39.1 Å². The third-order valence-corrected chi connectivity index (χ3v) is 8.56. The highest BCUT2D eigenvalue weighted by Crippen LogP contribution is 2.30. The average molecular weight is 611 g/mol. The first-order valence-corrected chi connectivity index (χ1v) is 15.2. The lowest BCUT2D eigenvalue weighted by Crippen LogP contribution is -2.36. The lowest BCUT2D eigenvalue weighted by molar-refractivity contribution is 0.239. The number of aryl methyl sites for hydroxylation is 1. The molecule has 0 fully saturated rings. The summed E-state index contributed by atoms with van der Waals surface area (Å²) in [6, 6.07) is 27.4. The summed E-state index contributed by atoms with van der Waals surface area (Å²) in [4.78, 5) is 13.3. The van der Waals surface area contributed by atoms with Crippen molar-refractivity contribution in [2.75, 3.05) is 7.11 Å². The molecule has 4 aromatic carbocycles. The van der Waals surface area contributed by atoms with E-state index in [2.05, 4.69) is 20.2 Å². The third kappa shape index (κ3) is 8.18. The highest BCUT2D eigenvalue weighted by molar-refractivity contribution is 7.84. The van der Waals surface area contributed by atoms with Gasteiger partial charge in [0.25, 0.3) is 0 Å². The molecule has 0 saturated heterocycles. The van der Waals surface area contributed by atoms with Crippen molar-refractivity contribution < 1.29 is 13.7 Å². The summed E-state index contributed by atoms with van der Waals surface area (Å²) in [5, 5.41) is 7.04. The minimum atomic E-state index is -1.70. The zero-order chi connectivity index (χ0) is 31.6. The normalized spacial score (nSPS) is 13.1. The number of nitrogens with one attached hydrogen (secondary N) is 2. The number of carbonyl (C=O) groups is 1. The summed E-state index contributed by atoms with van der Waals surface area (Å²) < 4.78 is 22.9. The number of amidine groups is 1. The number of benzene rings is 4. The van der Waals surface area contributed by atoms with E-state index in [1.54, 1.807) is 13.2 Å². The van der Waals surface area contributed by atoms with E-state index in [9.17, 15) is 9.00 Å². The number of hydrogen-bond donors (Lipinski definition) is 4. The van der Waals surface area contributed by atoms with Gasteiger partial charge in [-0.15, -0.1) is 0 Å². The maximum atomic E-state index is 13.2. The second-order valence-corrected chi connectivity index (χ2v) is 11.5. The molecule has 0 aliphatic carbocycles. The second kappa shape index (κ2) is 15.1. The van der Waals surface area contributed by atoms with Gasteiger partial charge in [0.2, 0.25) is 0 Å². The number of rotatable bonds is 11. The molecule has 0 radical (unpaired) electrons. The van der Waals surface area contributed by atoms with Gasteiger partial charge in [-0.25, -0.2) is 14.4 Å². The van der Waals surface area contributed by atoms with Crippen molar-refractivity contribution in [2.45, 2.75) is 44.2 Å². The van der Waals surface area contributed by atoms with Gasteiger partial charge in [-0.1, -0.05) is 78.9 Å². The molecule has 0 heterocycles. The van der Waals surface area contributed by atoms with E-state index in [1.165, 1.54) is 6.21 Å². The van der Waals surface area contributed by atoms with Crippen LogP contribution in [0.3, 0.4) is 0 Å². The molecule has 0 bridgehead atoms. The summed E-state index contributed by atoms with van der Waals surface area (Å²) in [5.41, 5.74) is 21.1. The number of carbonyl (C=O) groups excluding carboxylic acids is 1. The number of amides is 2. The first-order chi connectivity index (χ1) is 21.2. The Morgan fingerprint density at radius 2 is 1.57 bits per heavy atom. The summed E-state index contributed by atoms with van der Waals surface area (Å²) in [5.74, 6) is 0.897. The van der Waals surface area contributed by atoms with Crippen molar-refractivity contribution >= 4 is 29.1 Å². The summed E-state index contributed by atoms with van der Waals surface area (Å²) in [6.45, 7) is 5.70. The zero-order valence-electron chi connectivity index (χ0n) is 25.3. The third-order valence-electron chi connectivity index (χ3n) is 7.22. The largest absolute Gasteiger partial charge is 0.496 e. The van der Waals surface area contributed by atoms with Crippen LogP contribution >= 0.6 is 0 Å². The van der Waals surface area contributed by atoms with Crippen molar-refractivity contribution in [2.24, 2.45) is 21.0 Å². The van der Waals surface area contributed by atoms with Gasteiger partial charge in [0.05, 0.1) is 18.0 Å². The lowest BCUT2D eigenvalue weighted by Gasteiger charge is -2.19. The topological polar surface area (TPSA) is 144 Å². The molecule has 2 amide bonds. The number of hydrogen-bond acceptors (Lipinski definition) is 5. The van der Waals surface area contributed by atoms with Crippen LogP contribution in [0.1, 0.15) is 45.0 Å². The fourth-order valence-corrected chi connectivity index (χ4v) is 6.00. The Kier molecular flexibility index (Phi) is 11.0. The maximum absolute atomic E-state index is 13.2. The predicted molar refractivity (Wildman–Crippen MR) is 177 cm³/mol. The first kappa shape index (κ1) is 32.1. The van der Waals surface area contributed by atoms with Crippen LogP contribution in [-0.4, -0.2) is 35.4 Å². The quantitative estimate of drug-likeness (QED) is 0.107. The summed E-state index contributed by atoms with van der Waals surface area (Å²) >= 11 is 0. The van der Waals surface area contributed by atoms with Gasteiger partial charge in [-0.3, -0.25) is 0 Å². The van der Waals surface area contributed by atoms with Gasteiger partial charge < -0.3 is 21.5 Å². The molecule has 4 rings (SSSR count). The van der Waals surface area contributed by atoms with Gasteiger partial charge in [-0.2, -0.15) is 9.50 Å². The lowest BCUT2D eigenvalue weighted by atomic mass is 9.99. The van der Waals surface area contributed by atoms with Gasteiger partial charge in [-0.05, 0) is 72.7 Å². The molecule has 0 saturated carbocycles. The molecule has 228 valence electrons. The van der Waals surface area contributed by atoms with Crippen molar-refractivity contribution in [3.8, 4) is 5.75 Å². The Bertz CT molecular complexity index is 1640. The van der Waals surface area contributed by atoms with Crippen LogP contribution in [0, 0.1) is 20.8 Å². The number of ether oxygens (including phenoxy) is 1. The van der Waals surface area contributed by atoms with E-state index >= 15 is 0 Å². The van der Waals surface area contributed by atoms with Gasteiger partial charge in [0.15, 0.2) is 11.0 Å². The predicted octanol–water partition coefficient (Wildman–Crippen LogP) is 4.99. The van der Waals surface area contributed by atoms with Crippen molar-refractivity contribution in [1.82, 2.24) is 10.7 Å². The molecular weight excluding hydrogens is 572 g/mol. The summed E-state index contributed by atoms with van der Waals surface area (Å²) in [7, 11) is -0.0862. The number of nitrogens with zero attached hydrogens (tertiary/aromatic N) is 2. The molecule has 4 aromatic rings. The number of methoxy groups -OCH3 is 1. The number of urea groups is 1. The highest BCUT2D eigenvalue weighted by Gasteiger charge is 2.18. The Morgan fingerprint density at radius 1 is 0.932 bits per heavy atom. The molecule has 0 aliphatic rings. The average Bonchev–Trinajstić information content (AvgIpc) is 3.02. The van der Waals surface area contributed by atoms with Crippen molar-refractivity contribution in [1.29, 1.82) is 0 Å². The van der Waals surface area contributed by atoms with Crippen LogP contribution in [0.15, 0.2) is 105 Å². The Hall–Kier alpha value is -4.80. The molecule has 44 heavy (non-hydrogen) atoms. The molecule has 9 nitrogen and oxygen atoms in total. The zero-order valence-corrected chi connectivity index (χ0v) is 26.1. The molecule has 6 N–H and O–H groups in total. The van der Waals surface area contributed by atoms with E-state index in [-0.39, 0.29) is 11.9 Å². The minimum absolute atomic E-state index is 0.157. The Morgan fingerprint density at radius 3 is 2.18 bits per heavy atom. The highest BCUT2D eigenvalue weighted by atomic mass is 32.2. The summed E-state index contributed by atoms with van der Waals surface area (Å²) in [6.07, 6.45) is 1.92. The van der Waals surface area contributed by atoms with Crippen LogP contribution in [0.2, 0.25) is 0 Å². The minimum Gasteiger partial charge on any atom is -0.496 e. The van der Waals surface area contributed by atoms with Crippen LogP contribution in [0.4, 0.5) is 4.79 Å². The van der Waals surface area contributed by atoms with Crippen LogP contribution in [-0.2, 0) is 17.4 Å². The molecule has 0 spiro atoms. The molecule has 2 atom stereocenters. The van der Waals surface area contributed by atoms with Gasteiger partial charge in [0.1, 0.15) is 11.6 Å². The molecule has 2 unspecified atom stereocenters. The van der Waals surface area contributed by atoms with Crippen LogP contribution < -0.4 is 26.9 Å². The molecule has 10 heteroatoms. The fraction of sp³-hybridized carbons (Fsp3) is 0.206. The fourth-order valence-electron chi connectivity index (χ4n) is 4.88. The first-order valence-electron chi connectivity index (χ1n) is 14.1. The van der Waals surface area contributed by atoms with E-state index in [1.807, 2.05) is 106 Å². The molecule has 0 aromatic heterocycles. The molecular formula is C34H38N6O3S. The SMILES string of the molecule is COc1cc(C)c(S(=O)/N=C(\N)c2cccc(CC(N)/C=N\NC(=O)NC(c3ccccc3)c3ccccc3)c2)c(C)c1C.